The molecule has 0 saturated carbocycles. The van der Waals surface area contributed by atoms with E-state index in [0.717, 1.165) is 17.7 Å². The highest BCUT2D eigenvalue weighted by atomic mass is 19.1. The molecule has 0 bridgehead atoms. The van der Waals surface area contributed by atoms with E-state index in [2.05, 4.69) is 10.5 Å². The lowest BCUT2D eigenvalue weighted by atomic mass is 10.1. The number of nitrogens with one attached hydrogen (secondary N) is 1. The first-order valence-electron chi connectivity index (χ1n) is 7.65. The van der Waals surface area contributed by atoms with Gasteiger partial charge < -0.3 is 14.6 Å². The van der Waals surface area contributed by atoms with Crippen LogP contribution in [-0.2, 0) is 20.7 Å². The van der Waals surface area contributed by atoms with E-state index < -0.39 is 29.6 Å². The molecule has 0 aliphatic heterocycles. The fourth-order valence-corrected chi connectivity index (χ4v) is 2.22. The predicted molar refractivity (Wildman–Crippen MR) is 84.8 cm³/mol. The smallest absolute Gasteiger partial charge is 0.306 e. The average molecular weight is 352 g/mol. The third-order valence-corrected chi connectivity index (χ3v) is 3.63. The second-order valence-electron chi connectivity index (χ2n) is 5.55. The molecular weight excluding hydrogens is 334 g/mol. The molecule has 0 aliphatic rings. The SMILES string of the molecule is Cc1noc(C)c1CCC(=O)O[C@H](C)C(=O)Nc1ccc(F)cc1F. The zero-order valence-corrected chi connectivity index (χ0v) is 14.1. The number of benzene rings is 1. The molecule has 0 unspecified atom stereocenters. The number of ether oxygens (including phenoxy) is 1. The molecule has 1 amide bonds. The molecule has 134 valence electrons. The summed E-state index contributed by atoms with van der Waals surface area (Å²) in [5, 5.41) is 6.04. The maximum atomic E-state index is 13.5. The quantitative estimate of drug-likeness (QED) is 0.808. The second kappa shape index (κ2) is 7.87. The number of hydrogen-bond donors (Lipinski definition) is 1. The van der Waals surface area contributed by atoms with Crippen molar-refractivity contribution in [3.8, 4) is 0 Å². The van der Waals surface area contributed by atoms with Gasteiger partial charge in [0.2, 0.25) is 0 Å². The van der Waals surface area contributed by atoms with E-state index in [-0.39, 0.29) is 12.1 Å². The molecule has 8 heteroatoms. The van der Waals surface area contributed by atoms with Crippen LogP contribution in [0.2, 0.25) is 0 Å². The Balaban J connectivity index is 1.86. The average Bonchev–Trinajstić information content (AvgIpc) is 2.86. The highest BCUT2D eigenvalue weighted by Crippen LogP contribution is 2.17. The lowest BCUT2D eigenvalue weighted by molar-refractivity contribution is -0.153. The van der Waals surface area contributed by atoms with Crippen molar-refractivity contribution >= 4 is 17.6 Å². The molecule has 0 saturated heterocycles. The van der Waals surface area contributed by atoms with E-state index in [4.69, 9.17) is 9.26 Å². The number of amides is 1. The topological polar surface area (TPSA) is 81.4 Å². The molecule has 1 heterocycles. The molecular formula is C17H18F2N2O4. The minimum Gasteiger partial charge on any atom is -0.453 e. The van der Waals surface area contributed by atoms with Crippen LogP contribution in [0.1, 0.15) is 30.4 Å². The van der Waals surface area contributed by atoms with E-state index in [0.29, 0.717) is 23.9 Å². The number of carbonyl (C=O) groups is 2. The van der Waals surface area contributed by atoms with Gasteiger partial charge >= 0.3 is 5.97 Å². The first kappa shape index (κ1) is 18.6. The monoisotopic (exact) mass is 352 g/mol. The molecule has 1 N–H and O–H groups in total. The Hall–Kier alpha value is -2.77. The summed E-state index contributed by atoms with van der Waals surface area (Å²) in [4.78, 5) is 23.8. The summed E-state index contributed by atoms with van der Waals surface area (Å²) >= 11 is 0. The molecule has 2 aromatic rings. The van der Waals surface area contributed by atoms with Gasteiger partial charge in [-0.25, -0.2) is 8.78 Å². The lowest BCUT2D eigenvalue weighted by Crippen LogP contribution is -2.30. The van der Waals surface area contributed by atoms with Gasteiger partial charge in [-0.15, -0.1) is 0 Å². The molecule has 0 aliphatic carbocycles. The number of hydrogen-bond acceptors (Lipinski definition) is 5. The predicted octanol–water partition coefficient (Wildman–Crippen LogP) is 3.07. The summed E-state index contributed by atoms with van der Waals surface area (Å²) in [6.45, 7) is 4.88. The molecule has 2 rings (SSSR count). The summed E-state index contributed by atoms with van der Waals surface area (Å²) in [5.41, 5.74) is 1.33. The Morgan fingerprint density at radius 1 is 1.32 bits per heavy atom. The van der Waals surface area contributed by atoms with Gasteiger partial charge in [-0.05, 0) is 39.3 Å². The minimum absolute atomic E-state index is 0.0470. The van der Waals surface area contributed by atoms with Crippen LogP contribution in [0.25, 0.3) is 0 Å². The van der Waals surface area contributed by atoms with Crippen LogP contribution < -0.4 is 5.32 Å². The van der Waals surface area contributed by atoms with E-state index in [1.165, 1.54) is 6.92 Å². The van der Waals surface area contributed by atoms with Crippen LogP contribution in [0.15, 0.2) is 22.7 Å². The van der Waals surface area contributed by atoms with Crippen molar-refractivity contribution in [1.29, 1.82) is 0 Å². The zero-order valence-electron chi connectivity index (χ0n) is 14.1. The van der Waals surface area contributed by atoms with Crippen molar-refractivity contribution in [2.75, 3.05) is 5.32 Å². The molecule has 0 radical (unpaired) electrons. The Labute approximate surface area is 143 Å². The normalized spacial score (nSPS) is 11.9. The van der Waals surface area contributed by atoms with Gasteiger partial charge in [0.25, 0.3) is 5.91 Å². The minimum atomic E-state index is -1.12. The third kappa shape index (κ3) is 4.85. The van der Waals surface area contributed by atoms with E-state index in [1.807, 2.05) is 0 Å². The summed E-state index contributed by atoms with van der Waals surface area (Å²) in [6, 6.07) is 2.75. The summed E-state index contributed by atoms with van der Waals surface area (Å²) in [6.07, 6.45) is -0.701. The fourth-order valence-electron chi connectivity index (χ4n) is 2.22. The van der Waals surface area contributed by atoms with E-state index in [1.54, 1.807) is 13.8 Å². The highest BCUT2D eigenvalue weighted by molar-refractivity contribution is 5.95. The molecule has 1 aromatic carbocycles. The van der Waals surface area contributed by atoms with Gasteiger partial charge in [0.1, 0.15) is 17.4 Å². The number of aryl methyl sites for hydroxylation is 2. The van der Waals surface area contributed by atoms with Gasteiger partial charge in [0, 0.05) is 18.1 Å². The van der Waals surface area contributed by atoms with Gasteiger partial charge in [-0.1, -0.05) is 5.16 Å². The van der Waals surface area contributed by atoms with Crippen LogP contribution >= 0.6 is 0 Å². The molecule has 0 spiro atoms. The molecule has 6 nitrogen and oxygen atoms in total. The van der Waals surface area contributed by atoms with Crippen LogP contribution in [0.3, 0.4) is 0 Å². The zero-order chi connectivity index (χ0) is 18.6. The Kier molecular flexibility index (Phi) is 5.84. The number of halogens is 2. The van der Waals surface area contributed by atoms with Crippen molar-refractivity contribution in [2.45, 2.75) is 39.7 Å². The maximum absolute atomic E-state index is 13.5. The van der Waals surface area contributed by atoms with Crippen molar-refractivity contribution in [3.63, 3.8) is 0 Å². The van der Waals surface area contributed by atoms with Gasteiger partial charge in [-0.2, -0.15) is 0 Å². The molecule has 0 fully saturated rings. The second-order valence-corrected chi connectivity index (χ2v) is 5.55. The first-order chi connectivity index (χ1) is 11.8. The van der Waals surface area contributed by atoms with Crippen molar-refractivity contribution in [2.24, 2.45) is 0 Å². The Morgan fingerprint density at radius 2 is 2.04 bits per heavy atom. The number of esters is 1. The Morgan fingerprint density at radius 3 is 2.64 bits per heavy atom. The first-order valence-corrected chi connectivity index (χ1v) is 7.65. The summed E-state index contributed by atoms with van der Waals surface area (Å²) < 4.78 is 36.4. The maximum Gasteiger partial charge on any atom is 0.306 e. The van der Waals surface area contributed by atoms with Crippen molar-refractivity contribution in [1.82, 2.24) is 5.16 Å². The van der Waals surface area contributed by atoms with Crippen LogP contribution in [0.5, 0.6) is 0 Å². The van der Waals surface area contributed by atoms with Crippen LogP contribution in [0.4, 0.5) is 14.5 Å². The summed E-state index contributed by atoms with van der Waals surface area (Å²) in [7, 11) is 0. The van der Waals surface area contributed by atoms with E-state index >= 15 is 0 Å². The highest BCUT2D eigenvalue weighted by Gasteiger charge is 2.20. The third-order valence-electron chi connectivity index (χ3n) is 3.63. The van der Waals surface area contributed by atoms with Crippen LogP contribution in [0, 0.1) is 25.5 Å². The van der Waals surface area contributed by atoms with E-state index in [9.17, 15) is 18.4 Å². The Bertz CT molecular complexity index is 769. The number of carbonyl (C=O) groups excluding carboxylic acids is 2. The molecule has 25 heavy (non-hydrogen) atoms. The lowest BCUT2D eigenvalue weighted by Gasteiger charge is -2.14. The molecule has 1 atom stereocenters. The largest absolute Gasteiger partial charge is 0.453 e. The van der Waals surface area contributed by atoms with Gasteiger partial charge in [0.15, 0.2) is 6.10 Å². The van der Waals surface area contributed by atoms with Crippen molar-refractivity contribution < 1.29 is 27.6 Å². The number of anilines is 1. The standard InChI is InChI=1S/C17H18F2N2O4/c1-9-13(10(2)25-21-9)5-7-16(22)24-11(3)17(23)20-15-6-4-12(18)8-14(15)19/h4,6,8,11H,5,7H2,1-3H3,(H,20,23)/t11-/m1/s1. The van der Waals surface area contributed by atoms with Gasteiger partial charge in [0.05, 0.1) is 11.4 Å². The van der Waals surface area contributed by atoms with Gasteiger partial charge in [-0.3, -0.25) is 9.59 Å². The fraction of sp³-hybridized carbons (Fsp3) is 0.353. The number of rotatable bonds is 6. The number of nitrogens with zero attached hydrogens (tertiary/aromatic N) is 1. The van der Waals surface area contributed by atoms with Crippen molar-refractivity contribution in [3.05, 3.63) is 46.9 Å². The number of aromatic nitrogens is 1. The summed E-state index contributed by atoms with van der Waals surface area (Å²) in [5.74, 6) is -2.33. The molecule has 1 aromatic heterocycles. The van der Waals surface area contributed by atoms with Crippen LogP contribution in [-0.4, -0.2) is 23.1 Å².